The van der Waals surface area contributed by atoms with E-state index in [4.69, 9.17) is 21.1 Å². The molecule has 8 nitrogen and oxygen atoms in total. The van der Waals surface area contributed by atoms with Gasteiger partial charge in [-0.2, -0.15) is 4.98 Å². The number of carbonyl (C=O) groups excluding carboxylic acids is 1. The van der Waals surface area contributed by atoms with Crippen molar-refractivity contribution in [3.63, 3.8) is 0 Å². The summed E-state index contributed by atoms with van der Waals surface area (Å²) < 4.78 is 25.5. The lowest BCUT2D eigenvalue weighted by Crippen LogP contribution is -2.29. The van der Waals surface area contributed by atoms with E-state index in [1.54, 1.807) is 7.11 Å². The van der Waals surface area contributed by atoms with Crippen molar-refractivity contribution in [1.29, 1.82) is 0 Å². The fourth-order valence-electron chi connectivity index (χ4n) is 4.33. The lowest BCUT2D eigenvalue weighted by molar-refractivity contribution is -0.111. The van der Waals surface area contributed by atoms with Crippen molar-refractivity contribution in [1.82, 2.24) is 14.9 Å². The molecule has 3 aromatic rings. The van der Waals surface area contributed by atoms with Gasteiger partial charge in [0.2, 0.25) is 17.7 Å². The molecule has 2 heterocycles. The average molecular weight is 526 g/mol. The van der Waals surface area contributed by atoms with Crippen molar-refractivity contribution in [2.45, 2.75) is 25.7 Å². The van der Waals surface area contributed by atoms with Gasteiger partial charge < -0.3 is 25.0 Å². The first-order chi connectivity index (χ1) is 17.7. The summed E-state index contributed by atoms with van der Waals surface area (Å²) in [5.41, 5.74) is 3.33. The molecular weight excluding hydrogens is 497 g/mol. The number of hydrogen-bond acceptors (Lipinski definition) is 7. The number of anilines is 3. The zero-order valence-electron chi connectivity index (χ0n) is 21.0. The van der Waals surface area contributed by atoms with Crippen LogP contribution in [0, 0.1) is 12.7 Å². The number of rotatable bonds is 8. The number of likely N-dealkylation sites (tertiary alicyclic amines) is 1. The number of methoxy groups -OCH3 is 1. The fourth-order valence-corrected chi connectivity index (χ4v) is 4.46. The number of ether oxygens (including phenoxy) is 2. The SMILES string of the molecule is C=CC(=O)Nc1cc(F)cc(Oc2nc(Nc3cc(C)c(C4CCN(C)CC4)cc3OC)ncc2Cl)c1. The highest BCUT2D eigenvalue weighted by Gasteiger charge is 2.22. The summed E-state index contributed by atoms with van der Waals surface area (Å²) in [4.78, 5) is 22.5. The second-order valence-corrected chi connectivity index (χ2v) is 9.34. The predicted molar refractivity (Wildman–Crippen MR) is 143 cm³/mol. The molecule has 0 atom stereocenters. The van der Waals surface area contributed by atoms with Crippen molar-refractivity contribution >= 4 is 34.8 Å². The van der Waals surface area contributed by atoms with Gasteiger partial charge in [-0.05, 0) is 81.2 Å². The third kappa shape index (κ3) is 6.55. The van der Waals surface area contributed by atoms with E-state index in [0.29, 0.717) is 17.4 Å². The molecule has 1 saturated heterocycles. The van der Waals surface area contributed by atoms with E-state index in [2.05, 4.69) is 52.1 Å². The molecule has 0 aliphatic carbocycles. The number of halogens is 2. The number of amides is 1. The molecule has 194 valence electrons. The molecule has 1 aliphatic heterocycles. The molecule has 1 fully saturated rings. The first-order valence-electron chi connectivity index (χ1n) is 11.8. The standard InChI is InChI=1S/C27H29ClFN5O3/c1-5-25(35)31-19-11-18(29)12-20(13-19)37-26-22(28)15-30-27(33-26)32-23-10-16(2)21(14-24(23)36-4)17-6-8-34(3)9-7-17/h5,10-15,17H,1,6-9H2,2-4H3,(H,31,35)(H,30,32,33). The molecule has 2 aromatic carbocycles. The minimum Gasteiger partial charge on any atom is -0.495 e. The Labute approximate surface area is 220 Å². The monoisotopic (exact) mass is 525 g/mol. The number of piperidine rings is 1. The molecule has 1 aliphatic rings. The summed E-state index contributed by atoms with van der Waals surface area (Å²) in [7, 11) is 3.77. The average Bonchev–Trinajstić information content (AvgIpc) is 2.86. The first-order valence-corrected chi connectivity index (χ1v) is 12.2. The summed E-state index contributed by atoms with van der Waals surface area (Å²) in [6, 6.07) is 7.86. The number of aryl methyl sites for hydroxylation is 1. The van der Waals surface area contributed by atoms with Gasteiger partial charge in [0.25, 0.3) is 0 Å². The third-order valence-electron chi connectivity index (χ3n) is 6.24. The first kappa shape index (κ1) is 26.4. The molecule has 10 heteroatoms. The van der Waals surface area contributed by atoms with E-state index in [-0.39, 0.29) is 28.3 Å². The Balaban J connectivity index is 1.56. The van der Waals surface area contributed by atoms with Crippen molar-refractivity contribution in [3.05, 3.63) is 71.2 Å². The summed E-state index contributed by atoms with van der Waals surface area (Å²) >= 11 is 6.25. The van der Waals surface area contributed by atoms with Gasteiger partial charge in [-0.25, -0.2) is 9.37 Å². The number of nitrogens with zero attached hydrogens (tertiary/aromatic N) is 3. The summed E-state index contributed by atoms with van der Waals surface area (Å²) in [5, 5.41) is 5.80. The fraction of sp³-hybridized carbons (Fsp3) is 0.296. The van der Waals surface area contributed by atoms with E-state index >= 15 is 0 Å². The Kier molecular flexibility index (Phi) is 8.25. The van der Waals surface area contributed by atoms with Crippen molar-refractivity contribution in [2.24, 2.45) is 0 Å². The number of benzene rings is 2. The van der Waals surface area contributed by atoms with Crippen LogP contribution in [0.2, 0.25) is 5.02 Å². The van der Waals surface area contributed by atoms with Crippen molar-refractivity contribution in [3.8, 4) is 17.4 Å². The smallest absolute Gasteiger partial charge is 0.247 e. The zero-order chi connectivity index (χ0) is 26.5. The molecule has 0 spiro atoms. The van der Waals surface area contributed by atoms with Crippen molar-refractivity contribution in [2.75, 3.05) is 37.9 Å². The highest BCUT2D eigenvalue weighted by Crippen LogP contribution is 2.38. The topological polar surface area (TPSA) is 88.6 Å². The van der Waals surface area contributed by atoms with Crippen LogP contribution in [-0.4, -0.2) is 48.0 Å². The highest BCUT2D eigenvalue weighted by atomic mass is 35.5. The lowest BCUT2D eigenvalue weighted by atomic mass is 9.86. The number of carbonyl (C=O) groups is 1. The van der Waals surface area contributed by atoms with Gasteiger partial charge in [-0.15, -0.1) is 0 Å². The minimum absolute atomic E-state index is 0.0180. The lowest BCUT2D eigenvalue weighted by Gasteiger charge is -2.30. The van der Waals surface area contributed by atoms with Crippen LogP contribution in [-0.2, 0) is 4.79 Å². The number of aromatic nitrogens is 2. The van der Waals surface area contributed by atoms with Gasteiger partial charge in [-0.1, -0.05) is 18.2 Å². The van der Waals surface area contributed by atoms with Gasteiger partial charge in [0, 0.05) is 17.8 Å². The quantitative estimate of drug-likeness (QED) is 0.346. The van der Waals surface area contributed by atoms with Crippen LogP contribution in [0.15, 0.2) is 49.2 Å². The number of nitrogens with one attached hydrogen (secondary N) is 2. The molecule has 1 aromatic heterocycles. The molecule has 37 heavy (non-hydrogen) atoms. The maximum absolute atomic E-state index is 14.1. The van der Waals surface area contributed by atoms with Crippen LogP contribution >= 0.6 is 11.6 Å². The highest BCUT2D eigenvalue weighted by molar-refractivity contribution is 6.31. The second-order valence-electron chi connectivity index (χ2n) is 8.93. The van der Waals surface area contributed by atoms with Gasteiger partial charge in [-0.3, -0.25) is 4.79 Å². The maximum Gasteiger partial charge on any atom is 0.247 e. The van der Waals surface area contributed by atoms with Gasteiger partial charge in [0.15, 0.2) is 0 Å². The van der Waals surface area contributed by atoms with E-state index in [1.165, 1.54) is 17.8 Å². The van der Waals surface area contributed by atoms with Crippen LogP contribution in [0.5, 0.6) is 17.4 Å². The van der Waals surface area contributed by atoms with E-state index < -0.39 is 11.7 Å². The van der Waals surface area contributed by atoms with E-state index in [9.17, 15) is 9.18 Å². The predicted octanol–water partition coefficient (Wildman–Crippen LogP) is 6.06. The van der Waals surface area contributed by atoms with E-state index in [0.717, 1.165) is 49.7 Å². The molecular formula is C27H29ClFN5O3. The summed E-state index contributed by atoms with van der Waals surface area (Å²) in [6.07, 6.45) is 4.68. The van der Waals surface area contributed by atoms with Crippen LogP contribution in [0.1, 0.15) is 29.9 Å². The van der Waals surface area contributed by atoms with Gasteiger partial charge in [0.1, 0.15) is 22.3 Å². The third-order valence-corrected chi connectivity index (χ3v) is 6.50. The molecule has 0 unspecified atom stereocenters. The second kappa shape index (κ2) is 11.6. The van der Waals surface area contributed by atoms with Crippen LogP contribution in [0.4, 0.5) is 21.7 Å². The van der Waals surface area contributed by atoms with E-state index in [1.807, 2.05) is 6.07 Å². The number of hydrogen-bond donors (Lipinski definition) is 2. The van der Waals surface area contributed by atoms with Crippen molar-refractivity contribution < 1.29 is 18.7 Å². The van der Waals surface area contributed by atoms with Crippen LogP contribution < -0.4 is 20.1 Å². The Morgan fingerprint density at radius 2 is 2.00 bits per heavy atom. The molecule has 2 N–H and O–H groups in total. The molecule has 1 amide bonds. The Bertz CT molecular complexity index is 1310. The maximum atomic E-state index is 14.1. The summed E-state index contributed by atoms with van der Waals surface area (Å²) in [6.45, 7) is 7.61. The summed E-state index contributed by atoms with van der Waals surface area (Å²) in [5.74, 6) is 0.415. The van der Waals surface area contributed by atoms with Crippen LogP contribution in [0.3, 0.4) is 0 Å². The Morgan fingerprint density at radius 3 is 2.70 bits per heavy atom. The van der Waals surface area contributed by atoms with Gasteiger partial charge in [0.05, 0.1) is 19.0 Å². The Hall–Kier alpha value is -3.69. The van der Waals surface area contributed by atoms with Gasteiger partial charge >= 0.3 is 0 Å². The molecule has 0 bridgehead atoms. The zero-order valence-corrected chi connectivity index (χ0v) is 21.7. The minimum atomic E-state index is -0.606. The molecule has 0 radical (unpaired) electrons. The molecule has 0 saturated carbocycles. The largest absolute Gasteiger partial charge is 0.495 e. The van der Waals surface area contributed by atoms with Crippen LogP contribution in [0.25, 0.3) is 0 Å². The normalized spacial score (nSPS) is 14.2. The Morgan fingerprint density at radius 1 is 1.24 bits per heavy atom. The molecule has 4 rings (SSSR count).